The monoisotopic (exact) mass is 465 g/mol. The Bertz CT molecular complexity index is 498. The van der Waals surface area contributed by atoms with E-state index in [1.807, 2.05) is 6.92 Å². The summed E-state index contributed by atoms with van der Waals surface area (Å²) in [6, 6.07) is 6.21. The van der Waals surface area contributed by atoms with E-state index in [1.54, 1.807) is 14.2 Å². The Labute approximate surface area is 168 Å². The SMILES string of the molecule is CCNC(=NCc1ccc(C)cc1OCCCOC)NCCOC.I. The van der Waals surface area contributed by atoms with E-state index in [2.05, 4.69) is 40.7 Å². The average Bonchev–Trinajstić information content (AvgIpc) is 2.58. The first-order valence-corrected chi connectivity index (χ1v) is 8.43. The first-order chi connectivity index (χ1) is 11.7. The number of methoxy groups -OCH3 is 2. The maximum atomic E-state index is 5.90. The van der Waals surface area contributed by atoms with Gasteiger partial charge in [0.2, 0.25) is 0 Å². The third-order valence-corrected chi connectivity index (χ3v) is 3.32. The number of rotatable bonds is 11. The molecule has 0 aliphatic heterocycles. The summed E-state index contributed by atoms with van der Waals surface area (Å²) in [5.74, 6) is 1.67. The Balaban J connectivity index is 0.00000576. The molecule has 1 aromatic carbocycles. The number of hydrogen-bond acceptors (Lipinski definition) is 4. The molecule has 0 saturated carbocycles. The smallest absolute Gasteiger partial charge is 0.191 e. The van der Waals surface area contributed by atoms with Gasteiger partial charge in [-0.15, -0.1) is 24.0 Å². The van der Waals surface area contributed by atoms with Gasteiger partial charge in [-0.25, -0.2) is 4.99 Å². The Kier molecular flexibility index (Phi) is 14.6. The summed E-state index contributed by atoms with van der Waals surface area (Å²) >= 11 is 0. The summed E-state index contributed by atoms with van der Waals surface area (Å²) in [7, 11) is 3.39. The number of aryl methyl sites for hydroxylation is 1. The molecule has 0 saturated heterocycles. The minimum atomic E-state index is 0. The lowest BCUT2D eigenvalue weighted by Gasteiger charge is -2.13. The number of ether oxygens (including phenoxy) is 3. The normalized spacial score (nSPS) is 11.0. The molecule has 0 heterocycles. The summed E-state index contributed by atoms with van der Waals surface area (Å²) in [6.07, 6.45) is 0.869. The predicted octanol–water partition coefficient (Wildman–Crippen LogP) is 2.73. The second-order valence-electron chi connectivity index (χ2n) is 5.42. The molecule has 144 valence electrons. The molecule has 0 aliphatic carbocycles. The number of hydrogen-bond donors (Lipinski definition) is 2. The highest BCUT2D eigenvalue weighted by atomic mass is 127. The lowest BCUT2D eigenvalue weighted by molar-refractivity contribution is 0.172. The van der Waals surface area contributed by atoms with Gasteiger partial charge in [0.1, 0.15) is 5.75 Å². The van der Waals surface area contributed by atoms with Crippen molar-refractivity contribution in [3.05, 3.63) is 29.3 Å². The quantitative estimate of drug-likeness (QED) is 0.228. The predicted molar refractivity (Wildman–Crippen MR) is 113 cm³/mol. The van der Waals surface area contributed by atoms with Crippen LogP contribution in [0.5, 0.6) is 5.75 Å². The van der Waals surface area contributed by atoms with Crippen LogP contribution >= 0.6 is 24.0 Å². The van der Waals surface area contributed by atoms with Gasteiger partial charge < -0.3 is 24.8 Å². The molecule has 0 bridgehead atoms. The van der Waals surface area contributed by atoms with Gasteiger partial charge in [-0.1, -0.05) is 12.1 Å². The summed E-state index contributed by atoms with van der Waals surface area (Å²) in [6.45, 7) is 8.18. The second-order valence-corrected chi connectivity index (χ2v) is 5.42. The van der Waals surface area contributed by atoms with Crippen molar-refractivity contribution >= 4 is 29.9 Å². The van der Waals surface area contributed by atoms with Crippen LogP contribution in [0.25, 0.3) is 0 Å². The number of aliphatic imine (C=N–C) groups is 1. The topological polar surface area (TPSA) is 64.1 Å². The van der Waals surface area contributed by atoms with E-state index in [4.69, 9.17) is 14.2 Å². The molecule has 0 aliphatic rings. The first-order valence-electron chi connectivity index (χ1n) is 8.43. The third kappa shape index (κ3) is 10.5. The Morgan fingerprint density at radius 1 is 1.08 bits per heavy atom. The number of halogens is 1. The van der Waals surface area contributed by atoms with Crippen LogP contribution in [0.4, 0.5) is 0 Å². The third-order valence-electron chi connectivity index (χ3n) is 3.32. The van der Waals surface area contributed by atoms with Crippen LogP contribution in [0, 0.1) is 6.92 Å². The van der Waals surface area contributed by atoms with Gasteiger partial charge in [-0.2, -0.15) is 0 Å². The van der Waals surface area contributed by atoms with Crippen LogP contribution in [0.1, 0.15) is 24.5 Å². The molecule has 1 rings (SSSR count). The van der Waals surface area contributed by atoms with Crippen molar-refractivity contribution in [2.24, 2.45) is 4.99 Å². The van der Waals surface area contributed by atoms with Crippen molar-refractivity contribution in [1.82, 2.24) is 10.6 Å². The fourth-order valence-corrected chi connectivity index (χ4v) is 2.09. The van der Waals surface area contributed by atoms with Crippen molar-refractivity contribution in [1.29, 1.82) is 0 Å². The van der Waals surface area contributed by atoms with Crippen LogP contribution < -0.4 is 15.4 Å². The molecule has 0 radical (unpaired) electrons. The Hall–Kier alpha value is -1.06. The van der Waals surface area contributed by atoms with Gasteiger partial charge in [0.05, 0.1) is 19.8 Å². The van der Waals surface area contributed by atoms with Gasteiger partial charge >= 0.3 is 0 Å². The molecule has 0 aromatic heterocycles. The highest BCUT2D eigenvalue weighted by molar-refractivity contribution is 14.0. The number of guanidine groups is 1. The van der Waals surface area contributed by atoms with Gasteiger partial charge in [-0.3, -0.25) is 0 Å². The second kappa shape index (κ2) is 15.2. The Morgan fingerprint density at radius 2 is 1.84 bits per heavy atom. The van der Waals surface area contributed by atoms with E-state index < -0.39 is 0 Å². The zero-order valence-corrected chi connectivity index (χ0v) is 18.1. The summed E-state index contributed by atoms with van der Waals surface area (Å²) in [5, 5.41) is 6.47. The molecule has 7 heteroatoms. The van der Waals surface area contributed by atoms with E-state index in [0.29, 0.717) is 26.4 Å². The van der Waals surface area contributed by atoms with E-state index in [9.17, 15) is 0 Å². The molecular weight excluding hydrogens is 433 g/mol. The molecule has 1 aromatic rings. The van der Waals surface area contributed by atoms with E-state index in [1.165, 1.54) is 5.56 Å². The number of nitrogens with zero attached hydrogens (tertiary/aromatic N) is 1. The standard InChI is InChI=1S/C18H31N3O3.HI/c1-5-19-18(20-9-12-23-4)21-14-16-8-7-15(2)13-17(16)24-11-6-10-22-3;/h7-8,13H,5-6,9-12,14H2,1-4H3,(H2,19,20,21);1H. The molecule has 0 amide bonds. The number of benzene rings is 1. The van der Waals surface area contributed by atoms with Gasteiger partial charge in [0.25, 0.3) is 0 Å². The molecule has 2 N–H and O–H groups in total. The molecule has 0 spiro atoms. The fourth-order valence-electron chi connectivity index (χ4n) is 2.09. The highest BCUT2D eigenvalue weighted by Crippen LogP contribution is 2.21. The highest BCUT2D eigenvalue weighted by Gasteiger charge is 2.05. The molecule has 0 atom stereocenters. The van der Waals surface area contributed by atoms with Crippen molar-refractivity contribution in [2.75, 3.05) is 47.1 Å². The molecule has 0 unspecified atom stereocenters. The van der Waals surface area contributed by atoms with Crippen LogP contribution in [0.15, 0.2) is 23.2 Å². The van der Waals surface area contributed by atoms with Gasteiger partial charge in [0, 0.05) is 45.9 Å². The summed E-state index contributed by atoms with van der Waals surface area (Å²) in [4.78, 5) is 4.62. The van der Waals surface area contributed by atoms with Crippen molar-refractivity contribution < 1.29 is 14.2 Å². The molecule has 6 nitrogen and oxygen atoms in total. The first kappa shape index (κ1) is 23.9. The van der Waals surface area contributed by atoms with E-state index in [0.717, 1.165) is 36.8 Å². The van der Waals surface area contributed by atoms with Crippen molar-refractivity contribution in [3.8, 4) is 5.75 Å². The van der Waals surface area contributed by atoms with Crippen LogP contribution in [0.2, 0.25) is 0 Å². The zero-order valence-electron chi connectivity index (χ0n) is 15.8. The summed E-state index contributed by atoms with van der Waals surface area (Å²) in [5.41, 5.74) is 2.25. The van der Waals surface area contributed by atoms with Crippen LogP contribution in [-0.4, -0.2) is 53.1 Å². The minimum absolute atomic E-state index is 0. The number of nitrogens with one attached hydrogen (secondary N) is 2. The lowest BCUT2D eigenvalue weighted by atomic mass is 10.1. The van der Waals surface area contributed by atoms with Gasteiger partial charge in [-0.05, 0) is 25.5 Å². The van der Waals surface area contributed by atoms with Crippen molar-refractivity contribution in [3.63, 3.8) is 0 Å². The molecular formula is C18H32IN3O3. The van der Waals surface area contributed by atoms with Crippen molar-refractivity contribution in [2.45, 2.75) is 26.8 Å². The van der Waals surface area contributed by atoms with Crippen LogP contribution in [0.3, 0.4) is 0 Å². The zero-order chi connectivity index (χ0) is 17.6. The maximum Gasteiger partial charge on any atom is 0.191 e. The summed E-state index contributed by atoms with van der Waals surface area (Å²) < 4.78 is 16.0. The largest absolute Gasteiger partial charge is 0.493 e. The average molecular weight is 465 g/mol. The van der Waals surface area contributed by atoms with Gasteiger partial charge in [0.15, 0.2) is 5.96 Å². The van der Waals surface area contributed by atoms with E-state index in [-0.39, 0.29) is 24.0 Å². The maximum absolute atomic E-state index is 5.90. The molecule has 25 heavy (non-hydrogen) atoms. The Morgan fingerprint density at radius 3 is 2.52 bits per heavy atom. The van der Waals surface area contributed by atoms with E-state index >= 15 is 0 Å². The fraction of sp³-hybridized carbons (Fsp3) is 0.611. The minimum Gasteiger partial charge on any atom is -0.493 e. The van der Waals surface area contributed by atoms with Crippen LogP contribution in [-0.2, 0) is 16.0 Å². The molecule has 0 fully saturated rings. The lowest BCUT2D eigenvalue weighted by Crippen LogP contribution is -2.38.